The highest BCUT2D eigenvalue weighted by molar-refractivity contribution is 7.19. The predicted octanol–water partition coefficient (Wildman–Crippen LogP) is 7.69. The summed E-state index contributed by atoms with van der Waals surface area (Å²) >= 11 is 1.98. The second-order valence-electron chi connectivity index (χ2n) is 9.95. The van der Waals surface area contributed by atoms with Crippen LogP contribution in [0.2, 0.25) is 0 Å². The van der Waals surface area contributed by atoms with E-state index in [-0.39, 0.29) is 0 Å². The summed E-state index contributed by atoms with van der Waals surface area (Å²) in [5.41, 5.74) is 9.23. The van der Waals surface area contributed by atoms with Gasteiger partial charge in [0.25, 0.3) is 0 Å². The molecule has 2 aliphatic carbocycles. The zero-order chi connectivity index (χ0) is 20.2. The van der Waals surface area contributed by atoms with Gasteiger partial charge in [-0.1, -0.05) is 57.0 Å². The first-order valence-electron chi connectivity index (χ1n) is 11.5. The molecule has 2 heterocycles. The van der Waals surface area contributed by atoms with Gasteiger partial charge in [0.15, 0.2) is 0 Å². The molecule has 1 nitrogen and oxygen atoms in total. The van der Waals surface area contributed by atoms with Crippen LogP contribution in [-0.4, -0.2) is 4.98 Å². The second kappa shape index (κ2) is 7.23. The molecule has 1 unspecified atom stereocenters. The van der Waals surface area contributed by atoms with Crippen LogP contribution in [0.5, 0.6) is 0 Å². The molecule has 1 aromatic carbocycles. The van der Waals surface area contributed by atoms with Gasteiger partial charge in [0, 0.05) is 16.0 Å². The molecule has 0 fully saturated rings. The molecule has 0 aliphatic heterocycles. The van der Waals surface area contributed by atoms with Gasteiger partial charge < -0.3 is 0 Å². The average molecular weight is 404 g/mol. The fourth-order valence-corrected chi connectivity index (χ4v) is 6.74. The number of nitrogens with zero attached hydrogens (tertiary/aromatic N) is 1. The molecule has 1 atom stereocenters. The van der Waals surface area contributed by atoms with Crippen LogP contribution in [0.15, 0.2) is 24.3 Å². The number of pyridine rings is 1. The van der Waals surface area contributed by atoms with Gasteiger partial charge in [-0.05, 0) is 85.5 Å². The summed E-state index contributed by atoms with van der Waals surface area (Å²) in [4.78, 5) is 8.20. The fourth-order valence-electron chi connectivity index (χ4n) is 5.45. The van der Waals surface area contributed by atoms with Crippen LogP contribution in [0, 0.1) is 18.3 Å². The normalized spacial score (nSPS) is 19.2. The Hall–Kier alpha value is -1.67. The van der Waals surface area contributed by atoms with E-state index in [9.17, 15) is 0 Å². The molecule has 2 aliphatic rings. The molecule has 0 amide bonds. The number of aromatic nitrogens is 1. The largest absolute Gasteiger partial charge is 0.242 e. The lowest BCUT2D eigenvalue weighted by atomic mass is 9.68. The van der Waals surface area contributed by atoms with E-state index in [0.717, 1.165) is 12.3 Å². The number of aryl methyl sites for hydroxylation is 4. The molecule has 0 saturated carbocycles. The maximum atomic E-state index is 5.29. The van der Waals surface area contributed by atoms with E-state index < -0.39 is 0 Å². The van der Waals surface area contributed by atoms with Gasteiger partial charge in [-0.25, -0.2) is 4.98 Å². The van der Waals surface area contributed by atoms with Crippen LogP contribution in [0.1, 0.15) is 73.7 Å². The van der Waals surface area contributed by atoms with Crippen molar-refractivity contribution in [1.82, 2.24) is 4.98 Å². The van der Waals surface area contributed by atoms with Gasteiger partial charge in [-0.2, -0.15) is 0 Å². The zero-order valence-corrected chi connectivity index (χ0v) is 19.2. The monoisotopic (exact) mass is 403 g/mol. The van der Waals surface area contributed by atoms with Crippen molar-refractivity contribution in [2.45, 2.75) is 79.1 Å². The maximum Gasteiger partial charge on any atom is 0.124 e. The van der Waals surface area contributed by atoms with Crippen LogP contribution in [-0.2, 0) is 25.7 Å². The highest BCUT2D eigenvalue weighted by atomic mass is 32.1. The molecule has 0 bridgehead atoms. The molecule has 3 aromatic rings. The SMILES string of the molecule is CCC(C)(C)C1CCc2nc3sc4c(c3c(-c3ccc(C)cc3)c2C1)CCCC4. The summed E-state index contributed by atoms with van der Waals surface area (Å²) < 4.78 is 0. The quantitative estimate of drug-likeness (QED) is 0.437. The fraction of sp³-hybridized carbons (Fsp3) is 0.519. The second-order valence-corrected chi connectivity index (χ2v) is 11.0. The number of fused-ring (bicyclic) bond motifs is 4. The van der Waals surface area contributed by atoms with Crippen molar-refractivity contribution in [2.24, 2.45) is 11.3 Å². The Bertz CT molecular complexity index is 1050. The van der Waals surface area contributed by atoms with Crippen LogP contribution in [0.3, 0.4) is 0 Å². The lowest BCUT2D eigenvalue weighted by molar-refractivity contribution is 0.182. The zero-order valence-electron chi connectivity index (χ0n) is 18.4. The first-order valence-corrected chi connectivity index (χ1v) is 12.3. The average Bonchev–Trinajstić information content (AvgIpc) is 3.10. The Morgan fingerprint density at radius 2 is 1.79 bits per heavy atom. The number of hydrogen-bond donors (Lipinski definition) is 0. The third-order valence-corrected chi connectivity index (χ3v) is 9.01. The predicted molar refractivity (Wildman–Crippen MR) is 126 cm³/mol. The first kappa shape index (κ1) is 19.3. The topological polar surface area (TPSA) is 12.9 Å². The Morgan fingerprint density at radius 1 is 1.03 bits per heavy atom. The molecule has 2 aromatic heterocycles. The van der Waals surface area contributed by atoms with E-state index in [1.165, 1.54) is 77.5 Å². The van der Waals surface area contributed by atoms with Crippen molar-refractivity contribution in [3.8, 4) is 11.1 Å². The van der Waals surface area contributed by atoms with E-state index >= 15 is 0 Å². The highest BCUT2D eigenvalue weighted by Gasteiger charge is 2.34. The van der Waals surface area contributed by atoms with Gasteiger partial charge in [-0.3, -0.25) is 0 Å². The molecule has 0 saturated heterocycles. The van der Waals surface area contributed by atoms with Gasteiger partial charge in [0.2, 0.25) is 0 Å². The number of thiophene rings is 1. The smallest absolute Gasteiger partial charge is 0.124 e. The third kappa shape index (κ3) is 3.24. The molecule has 152 valence electrons. The van der Waals surface area contributed by atoms with Crippen LogP contribution < -0.4 is 0 Å². The minimum Gasteiger partial charge on any atom is -0.242 e. The number of benzene rings is 1. The summed E-state index contributed by atoms with van der Waals surface area (Å²) in [6.07, 6.45) is 10.0. The molecule has 29 heavy (non-hydrogen) atoms. The Kier molecular flexibility index (Phi) is 4.81. The third-order valence-electron chi connectivity index (χ3n) is 7.83. The Labute approximate surface area is 179 Å². The highest BCUT2D eigenvalue weighted by Crippen LogP contribution is 2.47. The molecule has 0 N–H and O–H groups in total. The lowest BCUT2D eigenvalue weighted by Crippen LogP contribution is -2.29. The molecule has 0 radical (unpaired) electrons. The van der Waals surface area contributed by atoms with Crippen molar-refractivity contribution >= 4 is 21.6 Å². The Balaban J connectivity index is 1.77. The summed E-state index contributed by atoms with van der Waals surface area (Å²) in [7, 11) is 0. The maximum absolute atomic E-state index is 5.29. The summed E-state index contributed by atoms with van der Waals surface area (Å²) in [5.74, 6) is 0.748. The van der Waals surface area contributed by atoms with Crippen molar-refractivity contribution in [1.29, 1.82) is 0 Å². The number of rotatable bonds is 3. The van der Waals surface area contributed by atoms with Crippen molar-refractivity contribution in [3.05, 3.63) is 51.5 Å². The van der Waals surface area contributed by atoms with Crippen molar-refractivity contribution < 1.29 is 0 Å². The van der Waals surface area contributed by atoms with E-state index in [1.54, 1.807) is 16.0 Å². The van der Waals surface area contributed by atoms with E-state index in [1.807, 2.05) is 11.3 Å². The molecule has 5 rings (SSSR count). The van der Waals surface area contributed by atoms with Gasteiger partial charge >= 0.3 is 0 Å². The Morgan fingerprint density at radius 3 is 2.55 bits per heavy atom. The van der Waals surface area contributed by atoms with E-state index in [4.69, 9.17) is 4.98 Å². The van der Waals surface area contributed by atoms with E-state index in [2.05, 4.69) is 52.0 Å². The molecular formula is C27H33NS. The van der Waals surface area contributed by atoms with Crippen molar-refractivity contribution in [3.63, 3.8) is 0 Å². The number of hydrogen-bond acceptors (Lipinski definition) is 2. The van der Waals surface area contributed by atoms with Gasteiger partial charge in [-0.15, -0.1) is 11.3 Å². The minimum absolute atomic E-state index is 0.394. The van der Waals surface area contributed by atoms with Crippen LogP contribution >= 0.6 is 11.3 Å². The van der Waals surface area contributed by atoms with Gasteiger partial charge in [0.1, 0.15) is 4.83 Å². The van der Waals surface area contributed by atoms with E-state index in [0.29, 0.717) is 5.41 Å². The standard InChI is InChI=1S/C27H33NS/c1-5-27(3,4)19-14-15-22-21(16-19)24(18-12-10-17(2)11-13-18)25-20-8-6-7-9-23(20)29-26(25)28-22/h10-13,19H,5-9,14-16H2,1-4H3. The molecule has 0 spiro atoms. The van der Waals surface area contributed by atoms with Gasteiger partial charge in [0.05, 0.1) is 0 Å². The lowest BCUT2D eigenvalue weighted by Gasteiger charge is -2.37. The van der Waals surface area contributed by atoms with Crippen LogP contribution in [0.25, 0.3) is 21.3 Å². The summed E-state index contributed by atoms with van der Waals surface area (Å²) in [6.45, 7) is 9.47. The first-order chi connectivity index (χ1) is 14.0. The van der Waals surface area contributed by atoms with Crippen LogP contribution in [0.4, 0.5) is 0 Å². The summed E-state index contributed by atoms with van der Waals surface area (Å²) in [6, 6.07) is 9.27. The van der Waals surface area contributed by atoms with Crippen molar-refractivity contribution in [2.75, 3.05) is 0 Å². The summed E-state index contributed by atoms with van der Waals surface area (Å²) in [5, 5.41) is 1.50. The molecular weight excluding hydrogens is 370 g/mol. The minimum atomic E-state index is 0.394. The molecule has 2 heteroatoms.